The van der Waals surface area contributed by atoms with Crippen molar-refractivity contribution in [3.8, 4) is 0 Å². The average Bonchev–Trinajstić information content (AvgIpc) is 2.54. The number of carbonyl (C=O) groups is 1. The van der Waals surface area contributed by atoms with E-state index in [0.29, 0.717) is 11.5 Å². The number of rotatable bonds is 3. The fourth-order valence-corrected chi connectivity index (χ4v) is 2.57. The normalized spacial score (nSPS) is 10.9. The predicted molar refractivity (Wildman–Crippen MR) is 92.4 cm³/mol. The second-order valence-corrected chi connectivity index (χ2v) is 5.76. The van der Waals surface area contributed by atoms with E-state index >= 15 is 0 Å². The van der Waals surface area contributed by atoms with E-state index in [1.807, 2.05) is 54.6 Å². The van der Waals surface area contributed by atoms with Gasteiger partial charge in [0.2, 0.25) is 0 Å². The Balaban J connectivity index is 1.87. The van der Waals surface area contributed by atoms with Crippen molar-refractivity contribution in [2.75, 3.05) is 5.32 Å². The number of nitrogens with one attached hydrogen (secondary N) is 1. The Morgan fingerprint density at radius 3 is 2.27 bits per heavy atom. The molecule has 0 saturated heterocycles. The highest BCUT2D eigenvalue weighted by molar-refractivity contribution is 6.12. The van der Waals surface area contributed by atoms with Gasteiger partial charge in [0.15, 0.2) is 0 Å². The summed E-state index contributed by atoms with van der Waals surface area (Å²) >= 11 is 0. The molecule has 0 heterocycles. The lowest BCUT2D eigenvalue weighted by Crippen LogP contribution is -2.12. The van der Waals surface area contributed by atoms with Gasteiger partial charge in [-0.25, -0.2) is 0 Å². The van der Waals surface area contributed by atoms with Gasteiger partial charge in [0, 0.05) is 11.3 Å². The van der Waals surface area contributed by atoms with Crippen LogP contribution < -0.4 is 5.32 Å². The first kappa shape index (κ1) is 14.3. The molecule has 2 heteroatoms. The number of carbonyl (C=O) groups excluding carboxylic acids is 1. The smallest absolute Gasteiger partial charge is 0.256 e. The zero-order valence-electron chi connectivity index (χ0n) is 12.8. The summed E-state index contributed by atoms with van der Waals surface area (Å²) in [5.74, 6) is 0.414. The molecule has 0 bridgehead atoms. The predicted octanol–water partition coefficient (Wildman–Crippen LogP) is 5.22. The first-order chi connectivity index (χ1) is 10.6. The summed E-state index contributed by atoms with van der Waals surface area (Å²) in [6.45, 7) is 4.31. The van der Waals surface area contributed by atoms with Gasteiger partial charge < -0.3 is 5.32 Å². The van der Waals surface area contributed by atoms with E-state index in [0.717, 1.165) is 16.5 Å². The second kappa shape index (κ2) is 6.02. The molecule has 1 amide bonds. The van der Waals surface area contributed by atoms with Gasteiger partial charge in [-0.1, -0.05) is 62.4 Å². The summed E-state index contributed by atoms with van der Waals surface area (Å²) in [6, 6.07) is 21.8. The highest BCUT2D eigenvalue weighted by Gasteiger charge is 2.10. The molecule has 0 aliphatic carbocycles. The minimum atomic E-state index is -0.0749. The van der Waals surface area contributed by atoms with E-state index in [2.05, 4.69) is 31.3 Å². The number of fused-ring (bicyclic) bond motifs is 1. The summed E-state index contributed by atoms with van der Waals surface area (Å²) in [5.41, 5.74) is 2.79. The lowest BCUT2D eigenvalue weighted by molar-refractivity contribution is 0.102. The first-order valence-electron chi connectivity index (χ1n) is 7.54. The summed E-state index contributed by atoms with van der Waals surface area (Å²) in [6.07, 6.45) is 0. The number of hydrogen-bond donors (Lipinski definition) is 1. The van der Waals surface area contributed by atoms with Crippen LogP contribution in [0.1, 0.15) is 35.7 Å². The maximum Gasteiger partial charge on any atom is 0.256 e. The Morgan fingerprint density at radius 1 is 0.864 bits per heavy atom. The summed E-state index contributed by atoms with van der Waals surface area (Å²) in [5, 5.41) is 5.03. The maximum atomic E-state index is 12.5. The molecular weight excluding hydrogens is 270 g/mol. The van der Waals surface area contributed by atoms with Crippen LogP contribution in [0.25, 0.3) is 10.8 Å². The Hall–Kier alpha value is -2.61. The molecular formula is C20H19NO. The zero-order valence-corrected chi connectivity index (χ0v) is 12.8. The molecule has 1 N–H and O–H groups in total. The topological polar surface area (TPSA) is 29.1 Å². The van der Waals surface area contributed by atoms with Crippen LogP contribution in [0, 0.1) is 0 Å². The van der Waals surface area contributed by atoms with Crippen molar-refractivity contribution in [2.45, 2.75) is 19.8 Å². The number of anilines is 1. The largest absolute Gasteiger partial charge is 0.322 e. The van der Waals surface area contributed by atoms with E-state index in [9.17, 15) is 4.79 Å². The van der Waals surface area contributed by atoms with E-state index in [1.54, 1.807) is 0 Å². The second-order valence-electron chi connectivity index (χ2n) is 5.76. The van der Waals surface area contributed by atoms with Crippen LogP contribution in [0.15, 0.2) is 66.7 Å². The molecule has 2 nitrogen and oxygen atoms in total. The van der Waals surface area contributed by atoms with E-state index < -0.39 is 0 Å². The van der Waals surface area contributed by atoms with Gasteiger partial charge in [0.05, 0.1) is 0 Å². The highest BCUT2D eigenvalue weighted by Crippen LogP contribution is 2.21. The molecule has 0 spiro atoms. The minimum Gasteiger partial charge on any atom is -0.322 e. The number of amides is 1. The molecule has 0 fully saturated rings. The van der Waals surface area contributed by atoms with Crippen molar-refractivity contribution in [2.24, 2.45) is 0 Å². The molecule has 0 aliphatic heterocycles. The third-order valence-corrected chi connectivity index (χ3v) is 3.87. The van der Waals surface area contributed by atoms with E-state index in [4.69, 9.17) is 0 Å². The molecule has 3 aromatic rings. The van der Waals surface area contributed by atoms with Gasteiger partial charge in [0.25, 0.3) is 5.91 Å². The van der Waals surface area contributed by atoms with Crippen LogP contribution in [-0.4, -0.2) is 5.91 Å². The van der Waals surface area contributed by atoms with Gasteiger partial charge in [-0.3, -0.25) is 4.79 Å². The monoisotopic (exact) mass is 289 g/mol. The fourth-order valence-electron chi connectivity index (χ4n) is 2.57. The quantitative estimate of drug-likeness (QED) is 0.704. The summed E-state index contributed by atoms with van der Waals surface area (Å²) < 4.78 is 0. The molecule has 3 aromatic carbocycles. The molecule has 0 saturated carbocycles. The molecule has 0 unspecified atom stereocenters. The standard InChI is InChI=1S/C20H19NO/c1-14(2)15-10-12-17(13-11-15)21-20(22)19-9-5-7-16-6-3-4-8-18(16)19/h3-14H,1-2H3,(H,21,22). The lowest BCUT2D eigenvalue weighted by Gasteiger charge is -2.10. The van der Waals surface area contributed by atoms with Crippen LogP contribution in [0.3, 0.4) is 0 Å². The van der Waals surface area contributed by atoms with Crippen LogP contribution in [0.4, 0.5) is 5.69 Å². The van der Waals surface area contributed by atoms with E-state index in [-0.39, 0.29) is 5.91 Å². The summed E-state index contributed by atoms with van der Waals surface area (Å²) in [7, 11) is 0. The lowest BCUT2D eigenvalue weighted by atomic mass is 10.0. The van der Waals surface area contributed by atoms with Crippen LogP contribution >= 0.6 is 0 Å². The van der Waals surface area contributed by atoms with Gasteiger partial charge in [-0.05, 0) is 40.5 Å². The fraction of sp³-hybridized carbons (Fsp3) is 0.150. The van der Waals surface area contributed by atoms with Gasteiger partial charge in [-0.15, -0.1) is 0 Å². The molecule has 0 atom stereocenters. The minimum absolute atomic E-state index is 0.0749. The maximum absolute atomic E-state index is 12.5. The van der Waals surface area contributed by atoms with E-state index in [1.165, 1.54) is 5.56 Å². The third-order valence-electron chi connectivity index (χ3n) is 3.87. The molecule has 0 radical (unpaired) electrons. The van der Waals surface area contributed by atoms with Gasteiger partial charge in [0.1, 0.15) is 0 Å². The van der Waals surface area contributed by atoms with Gasteiger partial charge >= 0.3 is 0 Å². The highest BCUT2D eigenvalue weighted by atomic mass is 16.1. The average molecular weight is 289 g/mol. The molecule has 110 valence electrons. The molecule has 0 aliphatic rings. The molecule has 3 rings (SSSR count). The van der Waals surface area contributed by atoms with Crippen molar-refractivity contribution < 1.29 is 4.79 Å². The SMILES string of the molecule is CC(C)c1ccc(NC(=O)c2cccc3ccccc23)cc1. The number of benzene rings is 3. The van der Waals surface area contributed by atoms with Crippen LogP contribution in [0.2, 0.25) is 0 Å². The Morgan fingerprint density at radius 2 is 1.55 bits per heavy atom. The Bertz CT molecular complexity index is 798. The van der Waals surface area contributed by atoms with Crippen LogP contribution in [0.5, 0.6) is 0 Å². The molecule has 22 heavy (non-hydrogen) atoms. The third kappa shape index (κ3) is 2.86. The first-order valence-corrected chi connectivity index (χ1v) is 7.54. The molecule has 0 aromatic heterocycles. The van der Waals surface area contributed by atoms with Crippen molar-refractivity contribution in [3.63, 3.8) is 0 Å². The number of hydrogen-bond acceptors (Lipinski definition) is 1. The zero-order chi connectivity index (χ0) is 15.5. The van der Waals surface area contributed by atoms with Crippen molar-refractivity contribution in [1.82, 2.24) is 0 Å². The van der Waals surface area contributed by atoms with Gasteiger partial charge in [-0.2, -0.15) is 0 Å². The Kier molecular flexibility index (Phi) is 3.92. The van der Waals surface area contributed by atoms with Crippen LogP contribution in [-0.2, 0) is 0 Å². The summed E-state index contributed by atoms with van der Waals surface area (Å²) in [4.78, 5) is 12.5. The van der Waals surface area contributed by atoms with Crippen molar-refractivity contribution >= 4 is 22.4 Å². The van der Waals surface area contributed by atoms with Crippen molar-refractivity contribution in [1.29, 1.82) is 0 Å². The van der Waals surface area contributed by atoms with Crippen molar-refractivity contribution in [3.05, 3.63) is 77.9 Å². The Labute approximate surface area is 130 Å².